The molecule has 0 saturated carbocycles. The molecular weight excluding hydrogens is 308 g/mol. The average Bonchev–Trinajstić information content (AvgIpc) is 2.75. The zero-order valence-corrected chi connectivity index (χ0v) is 13.7. The van der Waals surface area contributed by atoms with Crippen molar-refractivity contribution in [1.82, 2.24) is 4.90 Å². The minimum absolute atomic E-state index is 0.157. The molecule has 2 heterocycles. The van der Waals surface area contributed by atoms with Gasteiger partial charge in [-0.2, -0.15) is 0 Å². The van der Waals surface area contributed by atoms with Crippen LogP contribution in [-0.4, -0.2) is 40.4 Å². The molecule has 2 atom stereocenters. The molecule has 2 unspecified atom stereocenters. The molecule has 1 aromatic rings. The smallest absolute Gasteiger partial charge is 0.270 e. The van der Waals surface area contributed by atoms with Gasteiger partial charge in [-0.25, -0.2) is 0 Å². The molecule has 2 saturated heterocycles. The van der Waals surface area contributed by atoms with E-state index in [1.807, 2.05) is 0 Å². The van der Waals surface area contributed by atoms with E-state index in [0.717, 1.165) is 12.8 Å². The molecule has 3 rings (SSSR count). The van der Waals surface area contributed by atoms with E-state index in [4.69, 9.17) is 11.1 Å². The Labute approximate surface area is 140 Å². The molecule has 0 spiro atoms. The van der Waals surface area contributed by atoms with Gasteiger partial charge in [-0.1, -0.05) is 0 Å². The van der Waals surface area contributed by atoms with Crippen LogP contribution in [0, 0.1) is 21.4 Å². The second-order valence-electron chi connectivity index (χ2n) is 6.92. The van der Waals surface area contributed by atoms with Crippen LogP contribution in [0.5, 0.6) is 0 Å². The quantitative estimate of drug-likeness (QED) is 0.372. The summed E-state index contributed by atoms with van der Waals surface area (Å²) in [5.74, 6) is 0.00243. The summed E-state index contributed by atoms with van der Waals surface area (Å²) in [4.78, 5) is 25.2. The monoisotopic (exact) mass is 330 g/mol. The third-order valence-electron chi connectivity index (χ3n) is 5.47. The van der Waals surface area contributed by atoms with Crippen LogP contribution in [0.1, 0.15) is 37.7 Å². The van der Waals surface area contributed by atoms with E-state index in [9.17, 15) is 14.9 Å². The van der Waals surface area contributed by atoms with Gasteiger partial charge in [-0.05, 0) is 44.7 Å². The lowest BCUT2D eigenvalue weighted by atomic mass is 9.85. The molecule has 24 heavy (non-hydrogen) atoms. The van der Waals surface area contributed by atoms with Crippen molar-refractivity contribution in [3.8, 4) is 0 Å². The summed E-state index contributed by atoms with van der Waals surface area (Å²) < 4.78 is 0. The number of Topliss-reactive ketones (excluding diaryl/α,β-unsaturated/α-hetero) is 1. The van der Waals surface area contributed by atoms with E-state index >= 15 is 0 Å². The molecule has 0 aliphatic carbocycles. The summed E-state index contributed by atoms with van der Waals surface area (Å²) in [6, 6.07) is 4.96. The lowest BCUT2D eigenvalue weighted by molar-refractivity contribution is -0.384. The Morgan fingerprint density at radius 1 is 1.38 bits per heavy atom. The number of nitrogens with two attached hydrogens (primary N) is 1. The number of carbonyl (C=O) groups excluding carboxylic acids is 1. The molecule has 1 aromatic carbocycles. The normalized spacial score (nSPS) is 26.3. The van der Waals surface area contributed by atoms with Crippen molar-refractivity contribution in [2.75, 3.05) is 12.8 Å². The Hall–Kier alpha value is -2.28. The van der Waals surface area contributed by atoms with Gasteiger partial charge < -0.3 is 10.6 Å². The number of benzene rings is 1. The van der Waals surface area contributed by atoms with Crippen LogP contribution in [0.4, 0.5) is 11.4 Å². The minimum atomic E-state index is -0.546. The molecule has 0 aromatic heterocycles. The zero-order chi connectivity index (χ0) is 17.4. The molecule has 2 aliphatic heterocycles. The van der Waals surface area contributed by atoms with E-state index in [2.05, 4.69) is 11.9 Å². The molecule has 2 fully saturated rings. The highest BCUT2D eigenvalue weighted by Crippen LogP contribution is 2.38. The van der Waals surface area contributed by atoms with Crippen molar-refractivity contribution in [2.24, 2.45) is 5.92 Å². The number of fused-ring (bicyclic) bond motifs is 2. The van der Waals surface area contributed by atoms with Crippen molar-refractivity contribution in [3.05, 3.63) is 33.9 Å². The fourth-order valence-corrected chi connectivity index (χ4v) is 4.08. The lowest BCUT2D eigenvalue weighted by Crippen LogP contribution is -2.40. The SMILES string of the molecule is CN1C2CCC1CC(CC(=O)C(=N)c1cc([N+](=O)[O-])ccc1N)C2. The van der Waals surface area contributed by atoms with Gasteiger partial charge in [0.05, 0.1) is 4.92 Å². The summed E-state index contributed by atoms with van der Waals surface area (Å²) in [7, 11) is 2.15. The van der Waals surface area contributed by atoms with Crippen LogP contribution in [-0.2, 0) is 4.79 Å². The number of non-ortho nitro benzene ring substituents is 1. The Bertz CT molecular complexity index is 689. The Morgan fingerprint density at radius 2 is 2.00 bits per heavy atom. The summed E-state index contributed by atoms with van der Waals surface area (Å²) in [5, 5.41) is 19.0. The molecule has 128 valence electrons. The summed E-state index contributed by atoms with van der Waals surface area (Å²) >= 11 is 0. The van der Waals surface area contributed by atoms with Gasteiger partial charge in [-0.3, -0.25) is 20.3 Å². The topological polar surface area (TPSA) is 113 Å². The number of hydrogen-bond donors (Lipinski definition) is 2. The first kappa shape index (κ1) is 16.6. The van der Waals surface area contributed by atoms with Crippen molar-refractivity contribution in [2.45, 2.75) is 44.2 Å². The molecule has 0 radical (unpaired) electrons. The van der Waals surface area contributed by atoms with E-state index in [1.54, 1.807) is 0 Å². The van der Waals surface area contributed by atoms with E-state index < -0.39 is 4.92 Å². The fourth-order valence-electron chi connectivity index (χ4n) is 4.08. The first-order valence-corrected chi connectivity index (χ1v) is 8.24. The van der Waals surface area contributed by atoms with Crippen LogP contribution in [0.3, 0.4) is 0 Å². The number of nitro groups is 1. The number of anilines is 1. The summed E-state index contributed by atoms with van der Waals surface area (Å²) in [6.45, 7) is 0. The van der Waals surface area contributed by atoms with E-state index in [0.29, 0.717) is 18.5 Å². The van der Waals surface area contributed by atoms with Crippen LogP contribution in [0.25, 0.3) is 0 Å². The van der Waals surface area contributed by atoms with Crippen LogP contribution >= 0.6 is 0 Å². The van der Waals surface area contributed by atoms with Gasteiger partial charge in [-0.15, -0.1) is 0 Å². The highest BCUT2D eigenvalue weighted by Gasteiger charge is 2.39. The van der Waals surface area contributed by atoms with Gasteiger partial charge in [0.25, 0.3) is 5.69 Å². The molecule has 3 N–H and O–H groups in total. The summed E-state index contributed by atoms with van der Waals surface area (Å²) in [6.07, 6.45) is 4.65. The number of nitrogen functional groups attached to an aromatic ring is 1. The van der Waals surface area contributed by atoms with Gasteiger partial charge in [0.2, 0.25) is 0 Å². The maximum atomic E-state index is 12.5. The minimum Gasteiger partial charge on any atom is -0.398 e. The number of ketones is 1. The van der Waals surface area contributed by atoms with Gasteiger partial charge >= 0.3 is 0 Å². The number of hydrogen-bond acceptors (Lipinski definition) is 6. The Balaban J connectivity index is 1.70. The van der Waals surface area contributed by atoms with Gasteiger partial charge in [0.1, 0.15) is 5.71 Å². The third-order valence-corrected chi connectivity index (χ3v) is 5.47. The molecule has 0 amide bonds. The third kappa shape index (κ3) is 3.03. The number of nitro benzene ring substituents is 1. The number of rotatable bonds is 5. The number of nitrogens with zero attached hydrogens (tertiary/aromatic N) is 2. The zero-order valence-electron chi connectivity index (χ0n) is 13.7. The van der Waals surface area contributed by atoms with Crippen molar-refractivity contribution in [1.29, 1.82) is 5.41 Å². The van der Waals surface area contributed by atoms with Crippen LogP contribution < -0.4 is 5.73 Å². The second-order valence-corrected chi connectivity index (χ2v) is 6.92. The van der Waals surface area contributed by atoms with Crippen molar-refractivity contribution >= 4 is 22.9 Å². The lowest BCUT2D eigenvalue weighted by Gasteiger charge is -2.36. The highest BCUT2D eigenvalue weighted by molar-refractivity contribution is 6.46. The molecule has 2 bridgehead atoms. The highest BCUT2D eigenvalue weighted by atomic mass is 16.6. The second kappa shape index (κ2) is 6.32. The van der Waals surface area contributed by atoms with E-state index in [1.165, 1.54) is 31.0 Å². The van der Waals surface area contributed by atoms with E-state index in [-0.39, 0.29) is 34.4 Å². The predicted molar refractivity (Wildman–Crippen MR) is 91.3 cm³/mol. The molecule has 7 heteroatoms. The largest absolute Gasteiger partial charge is 0.398 e. The first-order chi connectivity index (χ1) is 11.4. The predicted octanol–water partition coefficient (Wildman–Crippen LogP) is 2.38. The van der Waals surface area contributed by atoms with Gasteiger partial charge in [0, 0.05) is 41.9 Å². The maximum Gasteiger partial charge on any atom is 0.270 e. The maximum absolute atomic E-state index is 12.5. The Morgan fingerprint density at radius 3 is 2.58 bits per heavy atom. The van der Waals surface area contributed by atoms with Crippen LogP contribution in [0.15, 0.2) is 18.2 Å². The fraction of sp³-hybridized carbons (Fsp3) is 0.529. The standard InChI is InChI=1S/C17H22N4O3/c1-20-11-2-3-12(20)7-10(6-11)8-16(22)17(19)14-9-13(21(23)24)4-5-15(14)18/h4-5,9-12,19H,2-3,6-8,18H2,1H3. The molecule has 2 aliphatic rings. The first-order valence-electron chi connectivity index (χ1n) is 8.24. The number of nitrogens with one attached hydrogen (secondary N) is 1. The van der Waals surface area contributed by atoms with Crippen molar-refractivity contribution in [3.63, 3.8) is 0 Å². The molecular formula is C17H22N4O3. The molecule has 7 nitrogen and oxygen atoms in total. The number of piperidine rings is 1. The van der Waals surface area contributed by atoms with Gasteiger partial charge in [0.15, 0.2) is 5.78 Å². The van der Waals surface area contributed by atoms with Crippen LogP contribution in [0.2, 0.25) is 0 Å². The summed E-state index contributed by atoms with van der Waals surface area (Å²) in [5.41, 5.74) is 5.82. The van der Waals surface area contributed by atoms with Crippen molar-refractivity contribution < 1.29 is 9.72 Å². The average molecular weight is 330 g/mol. The number of carbonyl (C=O) groups is 1. The Kier molecular flexibility index (Phi) is 4.36.